The van der Waals surface area contributed by atoms with Gasteiger partial charge in [0.05, 0.1) is 25.0 Å². The van der Waals surface area contributed by atoms with Crippen molar-refractivity contribution in [3.8, 4) is 0 Å². The summed E-state index contributed by atoms with van der Waals surface area (Å²) in [5.74, 6) is 5.09. The van der Waals surface area contributed by atoms with Crippen molar-refractivity contribution < 1.29 is 18.7 Å². The second-order valence-corrected chi connectivity index (χ2v) is 2.98. The molecule has 0 bridgehead atoms. The molecule has 0 aliphatic carbocycles. The summed E-state index contributed by atoms with van der Waals surface area (Å²) in [5.41, 5.74) is 2.43. The molecule has 0 spiro atoms. The first-order chi connectivity index (χ1) is 7.79. The van der Waals surface area contributed by atoms with E-state index in [2.05, 4.69) is 0 Å². The van der Waals surface area contributed by atoms with Crippen molar-refractivity contribution in [3.05, 3.63) is 23.7 Å². The van der Waals surface area contributed by atoms with E-state index in [1.807, 2.05) is 12.3 Å². The molecule has 1 aromatic rings. The molecule has 0 atom stereocenters. The molecule has 0 fully saturated rings. The number of hydrogen-bond acceptors (Lipinski definition) is 5. The Labute approximate surface area is 93.7 Å². The Hall–Kier alpha value is -1.37. The molecular formula is C10H16N2O4. The average Bonchev–Trinajstić information content (AvgIpc) is 2.76. The quantitative estimate of drug-likeness (QED) is 0.306. The lowest BCUT2D eigenvalue weighted by atomic mass is 10.2. The van der Waals surface area contributed by atoms with E-state index < -0.39 is 5.91 Å². The van der Waals surface area contributed by atoms with Crippen LogP contribution >= 0.6 is 0 Å². The van der Waals surface area contributed by atoms with Crippen molar-refractivity contribution in [2.45, 2.75) is 13.5 Å². The van der Waals surface area contributed by atoms with Crippen molar-refractivity contribution in [3.63, 3.8) is 0 Å². The normalized spacial score (nSPS) is 10.4. The third-order valence-electron chi connectivity index (χ3n) is 1.93. The highest BCUT2D eigenvalue weighted by atomic mass is 16.5. The molecule has 0 aliphatic rings. The zero-order valence-electron chi connectivity index (χ0n) is 9.19. The zero-order chi connectivity index (χ0) is 11.8. The van der Waals surface area contributed by atoms with Crippen molar-refractivity contribution in [1.29, 1.82) is 0 Å². The van der Waals surface area contributed by atoms with Crippen LogP contribution in [0.4, 0.5) is 0 Å². The maximum Gasteiger partial charge on any atom is 0.268 e. The van der Waals surface area contributed by atoms with Crippen LogP contribution in [0.1, 0.15) is 23.0 Å². The third kappa shape index (κ3) is 3.65. The van der Waals surface area contributed by atoms with Crippen molar-refractivity contribution in [1.82, 2.24) is 5.43 Å². The van der Waals surface area contributed by atoms with Crippen LogP contribution in [0.15, 0.2) is 16.7 Å². The third-order valence-corrected chi connectivity index (χ3v) is 1.93. The molecule has 16 heavy (non-hydrogen) atoms. The van der Waals surface area contributed by atoms with Gasteiger partial charge in [0, 0.05) is 6.61 Å². The molecule has 0 saturated heterocycles. The standard InChI is InChI=1S/C10H16N2O4/c1-2-14-5-6-15-7-9-8(3-4-16-9)10(13)12-11/h3-4H,2,5-7,11H2,1H3,(H,12,13). The summed E-state index contributed by atoms with van der Waals surface area (Å²) in [6, 6.07) is 1.55. The number of hydrazine groups is 1. The number of carbonyl (C=O) groups excluding carboxylic acids is 1. The molecule has 1 rings (SSSR count). The van der Waals surface area contributed by atoms with E-state index in [0.29, 0.717) is 31.1 Å². The average molecular weight is 228 g/mol. The van der Waals surface area contributed by atoms with Gasteiger partial charge in [-0.3, -0.25) is 10.2 Å². The van der Waals surface area contributed by atoms with Crippen LogP contribution < -0.4 is 11.3 Å². The lowest BCUT2D eigenvalue weighted by Crippen LogP contribution is -2.30. The number of hydrogen-bond donors (Lipinski definition) is 2. The maximum atomic E-state index is 11.3. The predicted octanol–water partition coefficient (Wildman–Crippen LogP) is 0.436. The zero-order valence-corrected chi connectivity index (χ0v) is 9.19. The van der Waals surface area contributed by atoms with Crippen molar-refractivity contribution >= 4 is 5.91 Å². The fraction of sp³-hybridized carbons (Fsp3) is 0.500. The molecular weight excluding hydrogens is 212 g/mol. The number of ether oxygens (including phenoxy) is 2. The second kappa shape index (κ2) is 7.00. The number of furan rings is 1. The molecule has 6 heteroatoms. The highest BCUT2D eigenvalue weighted by molar-refractivity contribution is 5.94. The maximum absolute atomic E-state index is 11.3. The van der Waals surface area contributed by atoms with Gasteiger partial charge in [-0.2, -0.15) is 0 Å². The van der Waals surface area contributed by atoms with Gasteiger partial charge in [-0.05, 0) is 13.0 Å². The van der Waals surface area contributed by atoms with Gasteiger partial charge in [-0.25, -0.2) is 5.84 Å². The molecule has 90 valence electrons. The fourth-order valence-electron chi connectivity index (χ4n) is 1.16. The minimum absolute atomic E-state index is 0.225. The van der Waals surface area contributed by atoms with Gasteiger partial charge < -0.3 is 13.9 Å². The summed E-state index contributed by atoms with van der Waals surface area (Å²) in [5, 5.41) is 0. The number of nitrogens with one attached hydrogen (secondary N) is 1. The van der Waals surface area contributed by atoms with Crippen LogP contribution in [-0.4, -0.2) is 25.7 Å². The van der Waals surface area contributed by atoms with Crippen LogP contribution in [0, 0.1) is 0 Å². The molecule has 6 nitrogen and oxygen atoms in total. The van der Waals surface area contributed by atoms with Crippen LogP contribution in [0.2, 0.25) is 0 Å². The number of nitrogens with two attached hydrogens (primary N) is 1. The van der Waals surface area contributed by atoms with Gasteiger partial charge in [0.2, 0.25) is 0 Å². The Balaban J connectivity index is 2.36. The number of rotatable bonds is 7. The van der Waals surface area contributed by atoms with Crippen LogP contribution in [0.25, 0.3) is 0 Å². The minimum atomic E-state index is -0.392. The molecule has 0 aliphatic heterocycles. The second-order valence-electron chi connectivity index (χ2n) is 2.98. The molecule has 1 heterocycles. The first-order valence-electron chi connectivity index (χ1n) is 5.02. The Bertz CT molecular complexity index is 324. The predicted molar refractivity (Wildman–Crippen MR) is 56.5 cm³/mol. The van der Waals surface area contributed by atoms with Crippen molar-refractivity contribution in [2.24, 2.45) is 5.84 Å². The summed E-state index contributed by atoms with van der Waals surface area (Å²) in [6.07, 6.45) is 1.42. The molecule has 0 unspecified atom stereocenters. The van der Waals surface area contributed by atoms with Gasteiger partial charge in [-0.15, -0.1) is 0 Å². The summed E-state index contributed by atoms with van der Waals surface area (Å²) >= 11 is 0. The number of amides is 1. The van der Waals surface area contributed by atoms with Gasteiger partial charge in [0.25, 0.3) is 5.91 Å². The summed E-state index contributed by atoms with van der Waals surface area (Å²) < 4.78 is 15.5. The van der Waals surface area contributed by atoms with E-state index in [1.54, 1.807) is 6.07 Å². The highest BCUT2D eigenvalue weighted by Gasteiger charge is 2.13. The fourth-order valence-corrected chi connectivity index (χ4v) is 1.16. The number of carbonyl (C=O) groups is 1. The Morgan fingerprint density at radius 1 is 1.50 bits per heavy atom. The van der Waals surface area contributed by atoms with Gasteiger partial charge in [-0.1, -0.05) is 0 Å². The summed E-state index contributed by atoms with van der Waals surface area (Å²) in [7, 11) is 0. The first kappa shape index (κ1) is 12.7. The molecule has 3 N–H and O–H groups in total. The Morgan fingerprint density at radius 3 is 2.94 bits per heavy atom. The lowest BCUT2D eigenvalue weighted by molar-refractivity contribution is 0.0386. The Kier molecular flexibility index (Phi) is 5.55. The summed E-state index contributed by atoms with van der Waals surface area (Å²) in [4.78, 5) is 11.3. The summed E-state index contributed by atoms with van der Waals surface area (Å²) in [6.45, 7) is 3.78. The topological polar surface area (TPSA) is 86.7 Å². The van der Waals surface area contributed by atoms with E-state index in [1.165, 1.54) is 6.26 Å². The van der Waals surface area contributed by atoms with E-state index in [0.717, 1.165) is 0 Å². The Morgan fingerprint density at radius 2 is 2.25 bits per heavy atom. The first-order valence-corrected chi connectivity index (χ1v) is 5.02. The highest BCUT2D eigenvalue weighted by Crippen LogP contribution is 2.11. The van der Waals surface area contributed by atoms with Crippen LogP contribution in [-0.2, 0) is 16.1 Å². The molecule has 0 aromatic carbocycles. The monoisotopic (exact) mass is 228 g/mol. The molecule has 0 radical (unpaired) electrons. The molecule has 0 saturated carbocycles. The van der Waals surface area contributed by atoms with Crippen molar-refractivity contribution in [2.75, 3.05) is 19.8 Å². The van der Waals surface area contributed by atoms with Gasteiger partial charge in [0.15, 0.2) is 0 Å². The van der Waals surface area contributed by atoms with Crippen LogP contribution in [0.3, 0.4) is 0 Å². The molecule has 1 amide bonds. The van der Waals surface area contributed by atoms with Crippen LogP contribution in [0.5, 0.6) is 0 Å². The van der Waals surface area contributed by atoms with E-state index in [-0.39, 0.29) is 6.61 Å². The van der Waals surface area contributed by atoms with E-state index in [9.17, 15) is 4.79 Å². The SMILES string of the molecule is CCOCCOCc1occc1C(=O)NN. The van der Waals surface area contributed by atoms with Gasteiger partial charge >= 0.3 is 0 Å². The number of nitrogen functional groups attached to an aromatic ring is 1. The minimum Gasteiger partial charge on any atom is -0.466 e. The molecule has 1 aromatic heterocycles. The van der Waals surface area contributed by atoms with Gasteiger partial charge in [0.1, 0.15) is 12.4 Å². The van der Waals surface area contributed by atoms with E-state index in [4.69, 9.17) is 19.7 Å². The smallest absolute Gasteiger partial charge is 0.268 e. The van der Waals surface area contributed by atoms with E-state index >= 15 is 0 Å². The lowest BCUT2D eigenvalue weighted by Gasteiger charge is -2.04. The largest absolute Gasteiger partial charge is 0.466 e.